The van der Waals surface area contributed by atoms with Crippen molar-refractivity contribution in [1.29, 1.82) is 0 Å². The Morgan fingerprint density at radius 2 is 1.95 bits per heavy atom. The summed E-state index contributed by atoms with van der Waals surface area (Å²) in [5.41, 5.74) is 2.94. The lowest BCUT2D eigenvalue weighted by Gasteiger charge is -2.19. The van der Waals surface area contributed by atoms with Gasteiger partial charge in [0.2, 0.25) is 5.91 Å². The van der Waals surface area contributed by atoms with E-state index in [4.69, 9.17) is 0 Å². The van der Waals surface area contributed by atoms with Crippen LogP contribution in [0.25, 0.3) is 0 Å². The summed E-state index contributed by atoms with van der Waals surface area (Å²) < 4.78 is 0. The lowest BCUT2D eigenvalue weighted by molar-refractivity contribution is -0.119. The molecule has 3 nitrogen and oxygen atoms in total. The third-order valence-corrected chi connectivity index (χ3v) is 3.73. The Hall–Kier alpha value is -1.35. The first-order chi connectivity index (χ1) is 8.80. The second-order valence-corrected chi connectivity index (χ2v) is 6.39. The molecule has 1 heterocycles. The number of anilines is 1. The summed E-state index contributed by atoms with van der Waals surface area (Å²) in [6.45, 7) is 10.5. The van der Waals surface area contributed by atoms with E-state index in [2.05, 4.69) is 43.5 Å². The topological polar surface area (TPSA) is 41.1 Å². The van der Waals surface area contributed by atoms with Gasteiger partial charge in [0.05, 0.1) is 5.41 Å². The lowest BCUT2D eigenvalue weighted by Crippen LogP contribution is -2.33. The van der Waals surface area contributed by atoms with Crippen LogP contribution in [0, 0.1) is 0 Å². The maximum atomic E-state index is 11.9. The average Bonchev–Trinajstić information content (AvgIpc) is 2.50. The highest BCUT2D eigenvalue weighted by Gasteiger charge is 2.38. The average molecular weight is 260 g/mol. The zero-order valence-corrected chi connectivity index (χ0v) is 12.5. The van der Waals surface area contributed by atoms with Crippen molar-refractivity contribution in [2.45, 2.75) is 58.5 Å². The van der Waals surface area contributed by atoms with E-state index in [1.165, 1.54) is 5.56 Å². The third kappa shape index (κ3) is 2.81. The van der Waals surface area contributed by atoms with Gasteiger partial charge in [-0.25, -0.2) is 0 Å². The molecule has 0 fully saturated rings. The number of hydrogen-bond acceptors (Lipinski definition) is 2. The van der Waals surface area contributed by atoms with Crippen LogP contribution in [0.4, 0.5) is 5.69 Å². The van der Waals surface area contributed by atoms with Crippen LogP contribution in [0.5, 0.6) is 0 Å². The molecule has 2 rings (SSSR count). The third-order valence-electron chi connectivity index (χ3n) is 3.73. The van der Waals surface area contributed by atoms with Crippen molar-refractivity contribution in [1.82, 2.24) is 5.32 Å². The zero-order valence-electron chi connectivity index (χ0n) is 12.5. The van der Waals surface area contributed by atoms with Crippen LogP contribution >= 0.6 is 0 Å². The summed E-state index contributed by atoms with van der Waals surface area (Å²) in [5.74, 6) is 0.0907. The van der Waals surface area contributed by atoms with E-state index in [1.807, 2.05) is 19.9 Å². The number of hydrogen-bond donors (Lipinski definition) is 2. The Balaban J connectivity index is 2.19. The molecule has 0 saturated carbocycles. The predicted octanol–water partition coefficient (Wildman–Crippen LogP) is 2.85. The van der Waals surface area contributed by atoms with Crippen LogP contribution < -0.4 is 10.6 Å². The van der Waals surface area contributed by atoms with Crippen molar-refractivity contribution in [3.8, 4) is 0 Å². The first kappa shape index (κ1) is 14.1. The van der Waals surface area contributed by atoms with E-state index >= 15 is 0 Å². The van der Waals surface area contributed by atoms with E-state index in [-0.39, 0.29) is 5.91 Å². The summed E-state index contributed by atoms with van der Waals surface area (Å²) in [4.78, 5) is 11.9. The van der Waals surface area contributed by atoms with Crippen molar-refractivity contribution in [3.05, 3.63) is 29.3 Å². The maximum Gasteiger partial charge on any atom is 0.234 e. The zero-order chi connectivity index (χ0) is 14.2. The number of carbonyl (C=O) groups is 1. The lowest BCUT2D eigenvalue weighted by atomic mass is 9.85. The minimum absolute atomic E-state index is 0.0907. The number of benzene rings is 1. The van der Waals surface area contributed by atoms with Crippen LogP contribution in [-0.2, 0) is 16.6 Å². The molecular weight excluding hydrogens is 236 g/mol. The molecule has 0 aromatic heterocycles. The molecule has 1 aliphatic rings. The fourth-order valence-electron chi connectivity index (χ4n) is 2.73. The number of fused-ring (bicyclic) bond motifs is 1. The molecule has 0 radical (unpaired) electrons. The molecule has 2 N–H and O–H groups in total. The van der Waals surface area contributed by atoms with Crippen LogP contribution in [-0.4, -0.2) is 18.0 Å². The summed E-state index contributed by atoms with van der Waals surface area (Å²) in [6.07, 6.45) is 0.982. The molecule has 0 spiro atoms. The largest absolute Gasteiger partial charge is 0.325 e. The molecule has 3 heteroatoms. The van der Waals surface area contributed by atoms with Gasteiger partial charge in [-0.2, -0.15) is 0 Å². The van der Waals surface area contributed by atoms with Crippen molar-refractivity contribution in [3.63, 3.8) is 0 Å². The SMILES string of the molecule is CC(C)NC(C)Cc1ccc2c(c1)C(C)(C)C(=O)N2. The van der Waals surface area contributed by atoms with Crippen molar-refractivity contribution < 1.29 is 4.79 Å². The smallest absolute Gasteiger partial charge is 0.234 e. The molecule has 0 aliphatic carbocycles. The van der Waals surface area contributed by atoms with Gasteiger partial charge >= 0.3 is 0 Å². The molecule has 1 atom stereocenters. The van der Waals surface area contributed by atoms with Gasteiger partial charge in [-0.15, -0.1) is 0 Å². The van der Waals surface area contributed by atoms with Crippen molar-refractivity contribution >= 4 is 11.6 Å². The Morgan fingerprint density at radius 1 is 1.26 bits per heavy atom. The minimum Gasteiger partial charge on any atom is -0.325 e. The summed E-state index contributed by atoms with van der Waals surface area (Å²) >= 11 is 0. The molecule has 1 amide bonds. The van der Waals surface area contributed by atoms with E-state index in [1.54, 1.807) is 0 Å². The Kier molecular flexibility index (Phi) is 3.68. The van der Waals surface area contributed by atoms with Gasteiger partial charge in [-0.05, 0) is 44.4 Å². The highest BCUT2D eigenvalue weighted by Crippen LogP contribution is 2.37. The monoisotopic (exact) mass is 260 g/mol. The van der Waals surface area contributed by atoms with Gasteiger partial charge in [0.25, 0.3) is 0 Å². The van der Waals surface area contributed by atoms with Gasteiger partial charge in [0, 0.05) is 17.8 Å². The first-order valence-electron chi connectivity index (χ1n) is 7.01. The van der Waals surface area contributed by atoms with Gasteiger partial charge in [-0.3, -0.25) is 4.79 Å². The van der Waals surface area contributed by atoms with Crippen molar-refractivity contribution in [2.75, 3.05) is 5.32 Å². The Labute approximate surface area is 115 Å². The van der Waals surface area contributed by atoms with E-state index in [0.29, 0.717) is 12.1 Å². The molecule has 19 heavy (non-hydrogen) atoms. The fourth-order valence-corrected chi connectivity index (χ4v) is 2.73. The van der Waals surface area contributed by atoms with E-state index < -0.39 is 5.41 Å². The maximum absolute atomic E-state index is 11.9. The quantitative estimate of drug-likeness (QED) is 0.874. The summed E-state index contributed by atoms with van der Waals surface area (Å²) in [6, 6.07) is 7.24. The standard InChI is InChI=1S/C16H24N2O/c1-10(2)17-11(3)8-12-6-7-14-13(9-12)16(4,5)15(19)18-14/h6-7,9-11,17H,8H2,1-5H3,(H,18,19). The van der Waals surface area contributed by atoms with Crippen molar-refractivity contribution in [2.24, 2.45) is 0 Å². The van der Waals surface area contributed by atoms with Crippen LogP contribution in [0.15, 0.2) is 18.2 Å². The number of nitrogens with one attached hydrogen (secondary N) is 2. The highest BCUT2D eigenvalue weighted by atomic mass is 16.2. The number of amides is 1. The molecule has 0 saturated heterocycles. The second-order valence-electron chi connectivity index (χ2n) is 6.39. The predicted molar refractivity (Wildman–Crippen MR) is 79.5 cm³/mol. The summed E-state index contributed by atoms with van der Waals surface area (Å²) in [5, 5.41) is 6.45. The van der Waals surface area contributed by atoms with Gasteiger partial charge in [-0.1, -0.05) is 26.0 Å². The number of rotatable bonds is 4. The van der Waals surface area contributed by atoms with Crippen LogP contribution in [0.1, 0.15) is 45.7 Å². The fraction of sp³-hybridized carbons (Fsp3) is 0.562. The molecule has 0 bridgehead atoms. The highest BCUT2D eigenvalue weighted by molar-refractivity contribution is 6.05. The second kappa shape index (κ2) is 4.97. The molecule has 104 valence electrons. The van der Waals surface area contributed by atoms with Gasteiger partial charge < -0.3 is 10.6 Å². The Morgan fingerprint density at radius 3 is 2.58 bits per heavy atom. The van der Waals surface area contributed by atoms with E-state index in [9.17, 15) is 4.79 Å². The van der Waals surface area contributed by atoms with E-state index in [0.717, 1.165) is 17.7 Å². The van der Waals surface area contributed by atoms with Crippen LogP contribution in [0.2, 0.25) is 0 Å². The molecule has 1 aromatic rings. The minimum atomic E-state index is -0.417. The van der Waals surface area contributed by atoms with Gasteiger partial charge in [0.1, 0.15) is 0 Å². The van der Waals surface area contributed by atoms with Gasteiger partial charge in [0.15, 0.2) is 0 Å². The Bertz CT molecular complexity index is 492. The normalized spacial score (nSPS) is 18.3. The molecule has 1 unspecified atom stereocenters. The number of carbonyl (C=O) groups excluding carboxylic acids is 1. The first-order valence-corrected chi connectivity index (χ1v) is 7.01. The summed E-state index contributed by atoms with van der Waals surface area (Å²) in [7, 11) is 0. The molecular formula is C16H24N2O. The molecule has 1 aromatic carbocycles. The van der Waals surface area contributed by atoms with Crippen LogP contribution in [0.3, 0.4) is 0 Å². The molecule has 1 aliphatic heterocycles.